The molecule has 1 aliphatic carbocycles. The van der Waals surface area contributed by atoms with Crippen LogP contribution in [-0.4, -0.2) is 55.2 Å². The summed E-state index contributed by atoms with van der Waals surface area (Å²) in [5.74, 6) is 0.679. The summed E-state index contributed by atoms with van der Waals surface area (Å²) in [6.45, 7) is 6.77. The Morgan fingerprint density at radius 2 is 1.74 bits per heavy atom. The lowest BCUT2D eigenvalue weighted by atomic mass is 9.92. The highest BCUT2D eigenvalue weighted by Gasteiger charge is 2.26. The van der Waals surface area contributed by atoms with Crippen LogP contribution < -0.4 is 15.0 Å². The quantitative estimate of drug-likeness (QED) is 0.428. The summed E-state index contributed by atoms with van der Waals surface area (Å²) in [6, 6.07) is 16.2. The van der Waals surface area contributed by atoms with Gasteiger partial charge >= 0.3 is 0 Å². The van der Waals surface area contributed by atoms with Gasteiger partial charge < -0.3 is 15.0 Å². The number of nitriles is 1. The van der Waals surface area contributed by atoms with Crippen LogP contribution in [0.4, 0.5) is 5.69 Å². The molecule has 1 saturated carbocycles. The zero-order valence-corrected chi connectivity index (χ0v) is 23.6. The largest absolute Gasteiger partial charge is 0.490 e. The van der Waals surface area contributed by atoms with Gasteiger partial charge in [-0.2, -0.15) is 5.26 Å². The highest BCUT2D eigenvalue weighted by molar-refractivity contribution is 6.31. The molecule has 2 aromatic carbocycles. The maximum Gasteiger partial charge on any atom is 0.251 e. The van der Waals surface area contributed by atoms with E-state index in [4.69, 9.17) is 21.6 Å². The van der Waals surface area contributed by atoms with Crippen LogP contribution in [0.5, 0.6) is 5.75 Å². The number of carbonyl (C=O) groups excluding carboxylic acids is 1. The van der Waals surface area contributed by atoms with Crippen molar-refractivity contribution >= 4 is 23.2 Å². The van der Waals surface area contributed by atoms with E-state index in [1.165, 1.54) is 50.0 Å². The van der Waals surface area contributed by atoms with E-state index in [1.807, 2.05) is 12.1 Å². The molecule has 0 radical (unpaired) electrons. The van der Waals surface area contributed by atoms with E-state index in [9.17, 15) is 4.79 Å². The van der Waals surface area contributed by atoms with E-state index < -0.39 is 0 Å². The van der Waals surface area contributed by atoms with Crippen LogP contribution in [0.25, 0.3) is 0 Å². The molecule has 1 N–H and O–H groups in total. The van der Waals surface area contributed by atoms with Crippen molar-refractivity contribution in [2.75, 3.05) is 31.1 Å². The molecule has 0 unspecified atom stereocenters. The summed E-state index contributed by atoms with van der Waals surface area (Å²) in [4.78, 5) is 18.1. The van der Waals surface area contributed by atoms with Gasteiger partial charge in [0, 0.05) is 55.6 Å². The van der Waals surface area contributed by atoms with Gasteiger partial charge in [-0.25, -0.2) is 0 Å². The summed E-state index contributed by atoms with van der Waals surface area (Å²) < 4.78 is 6.08. The third-order valence-electron chi connectivity index (χ3n) is 8.55. The smallest absolute Gasteiger partial charge is 0.251 e. The van der Waals surface area contributed by atoms with Crippen molar-refractivity contribution in [2.24, 2.45) is 0 Å². The molecule has 0 atom stereocenters. The van der Waals surface area contributed by atoms with Crippen molar-refractivity contribution in [3.8, 4) is 11.8 Å². The lowest BCUT2D eigenvalue weighted by Crippen LogP contribution is -2.45. The van der Waals surface area contributed by atoms with Gasteiger partial charge in [-0.15, -0.1) is 0 Å². The average Bonchev–Trinajstić information content (AvgIpc) is 3.19. The maximum atomic E-state index is 12.9. The standard InChI is InChI=1S/C32H39ClN4O2/c1-23-3-2-17-36(18-14-23)28-15-19-37(20-16-28)27-9-4-24(5-10-27)32(38)35-26-7-12-29(13-8-26)39-30-11-6-25(22-34)31(33)21-30/h3-6,9-11,21,26,28-29H,2,7-8,12-20H2,1H3,(H,35,38). The lowest BCUT2D eigenvalue weighted by Gasteiger charge is -2.39. The average molecular weight is 547 g/mol. The number of piperidine rings is 1. The van der Waals surface area contributed by atoms with E-state index in [-0.39, 0.29) is 18.1 Å². The second kappa shape index (κ2) is 12.9. The zero-order chi connectivity index (χ0) is 27.2. The number of benzene rings is 2. The molecular formula is C32H39ClN4O2. The van der Waals surface area contributed by atoms with Crippen LogP contribution in [-0.2, 0) is 0 Å². The molecule has 1 amide bonds. The van der Waals surface area contributed by atoms with Gasteiger partial charge in [0.25, 0.3) is 5.91 Å². The van der Waals surface area contributed by atoms with Gasteiger partial charge in [0.1, 0.15) is 11.8 Å². The fourth-order valence-electron chi connectivity index (χ4n) is 6.13. The number of halogens is 1. The van der Waals surface area contributed by atoms with Crippen molar-refractivity contribution < 1.29 is 9.53 Å². The highest BCUT2D eigenvalue weighted by atomic mass is 35.5. The van der Waals surface area contributed by atoms with Gasteiger partial charge in [-0.3, -0.25) is 9.69 Å². The summed E-state index contributed by atoms with van der Waals surface area (Å²) in [6.07, 6.45) is 10.8. The first-order valence-electron chi connectivity index (χ1n) is 14.4. The summed E-state index contributed by atoms with van der Waals surface area (Å²) in [7, 11) is 0. The molecule has 39 heavy (non-hydrogen) atoms. The van der Waals surface area contributed by atoms with Crippen molar-refractivity contribution in [1.82, 2.24) is 10.2 Å². The molecule has 206 valence electrons. The van der Waals surface area contributed by atoms with Crippen LogP contribution in [0, 0.1) is 11.3 Å². The second-order valence-electron chi connectivity index (χ2n) is 11.2. The van der Waals surface area contributed by atoms with E-state index in [2.05, 4.69) is 46.3 Å². The summed E-state index contributed by atoms with van der Waals surface area (Å²) in [5, 5.41) is 12.7. The number of hydrogen-bond donors (Lipinski definition) is 1. The van der Waals surface area contributed by atoms with Crippen molar-refractivity contribution in [2.45, 2.75) is 76.5 Å². The fraction of sp³-hybridized carbons (Fsp3) is 0.500. The van der Waals surface area contributed by atoms with Gasteiger partial charge in [0.05, 0.1) is 16.7 Å². The molecule has 7 heteroatoms. The van der Waals surface area contributed by atoms with Crippen molar-refractivity contribution in [3.63, 3.8) is 0 Å². The Kier molecular flexibility index (Phi) is 9.11. The van der Waals surface area contributed by atoms with Gasteiger partial charge in [0.2, 0.25) is 0 Å². The molecule has 0 spiro atoms. The SMILES string of the molecule is CC1=CCCN(C2CCN(c3ccc(C(=O)NC4CCC(Oc5ccc(C#N)c(Cl)c5)CC4)cc3)CC2)CC1. The summed E-state index contributed by atoms with van der Waals surface area (Å²) >= 11 is 6.13. The number of nitrogens with one attached hydrogen (secondary N) is 1. The van der Waals surface area contributed by atoms with Gasteiger partial charge in [-0.05, 0) is 94.7 Å². The molecule has 3 aliphatic rings. The highest BCUT2D eigenvalue weighted by Crippen LogP contribution is 2.28. The fourth-order valence-corrected chi connectivity index (χ4v) is 6.35. The topological polar surface area (TPSA) is 68.6 Å². The van der Waals surface area contributed by atoms with Crippen LogP contribution >= 0.6 is 11.6 Å². The minimum Gasteiger partial charge on any atom is -0.490 e. The van der Waals surface area contributed by atoms with Gasteiger partial charge in [0.15, 0.2) is 0 Å². The summed E-state index contributed by atoms with van der Waals surface area (Å²) in [5.41, 5.74) is 3.90. The van der Waals surface area contributed by atoms with E-state index in [0.29, 0.717) is 27.9 Å². The molecule has 2 fully saturated rings. The Morgan fingerprint density at radius 3 is 2.44 bits per heavy atom. The Bertz CT molecular complexity index is 1210. The van der Waals surface area contributed by atoms with Crippen LogP contribution in [0.3, 0.4) is 0 Å². The molecule has 5 rings (SSSR count). The normalized spacial score (nSPS) is 22.9. The molecule has 6 nitrogen and oxygen atoms in total. The molecule has 0 aromatic heterocycles. The number of amides is 1. The third-order valence-corrected chi connectivity index (χ3v) is 8.86. The Labute approximate surface area is 237 Å². The number of rotatable bonds is 6. The first-order valence-corrected chi connectivity index (χ1v) is 14.8. The lowest BCUT2D eigenvalue weighted by molar-refractivity contribution is 0.0894. The number of hydrogen-bond acceptors (Lipinski definition) is 5. The zero-order valence-electron chi connectivity index (χ0n) is 22.9. The third kappa shape index (κ3) is 7.15. The number of anilines is 1. The maximum absolute atomic E-state index is 12.9. The van der Waals surface area contributed by atoms with Crippen LogP contribution in [0.1, 0.15) is 74.2 Å². The van der Waals surface area contributed by atoms with E-state index in [0.717, 1.165) is 38.8 Å². The first-order chi connectivity index (χ1) is 19.0. The Balaban J connectivity index is 1.05. The minimum absolute atomic E-state index is 0.00596. The monoisotopic (exact) mass is 546 g/mol. The Morgan fingerprint density at radius 1 is 1.00 bits per heavy atom. The first kappa shape index (κ1) is 27.6. The number of ether oxygens (including phenoxy) is 1. The number of carbonyl (C=O) groups is 1. The molecule has 2 heterocycles. The molecule has 2 aromatic rings. The Hall–Kier alpha value is -3.01. The predicted molar refractivity (Wildman–Crippen MR) is 157 cm³/mol. The van der Waals surface area contributed by atoms with E-state index >= 15 is 0 Å². The molecule has 0 bridgehead atoms. The predicted octanol–water partition coefficient (Wildman–Crippen LogP) is 6.34. The molecule has 2 aliphatic heterocycles. The van der Waals surface area contributed by atoms with Crippen molar-refractivity contribution in [3.05, 3.63) is 70.3 Å². The number of nitrogens with zero attached hydrogens (tertiary/aromatic N) is 3. The van der Waals surface area contributed by atoms with Crippen LogP contribution in [0.15, 0.2) is 54.1 Å². The molecular weight excluding hydrogens is 508 g/mol. The second-order valence-corrected chi connectivity index (χ2v) is 11.6. The van der Waals surface area contributed by atoms with E-state index in [1.54, 1.807) is 18.2 Å². The van der Waals surface area contributed by atoms with Gasteiger partial charge in [-0.1, -0.05) is 23.3 Å². The minimum atomic E-state index is -0.00596. The van der Waals surface area contributed by atoms with Crippen molar-refractivity contribution in [1.29, 1.82) is 5.26 Å². The molecule has 1 saturated heterocycles. The van der Waals surface area contributed by atoms with Crippen LogP contribution in [0.2, 0.25) is 5.02 Å².